The molecule has 0 bridgehead atoms. The van der Waals surface area contributed by atoms with Crippen LogP contribution in [0.3, 0.4) is 0 Å². The molecular weight excluding hydrogens is 519 g/mol. The zero-order chi connectivity index (χ0) is 22.6. The lowest BCUT2D eigenvalue weighted by atomic mass is 10.1. The molecule has 1 aromatic heterocycles. The third kappa shape index (κ3) is 10.8. The molecule has 9 heteroatoms. The minimum Gasteiger partial charge on any atom is -0.475 e. The van der Waals surface area contributed by atoms with Crippen molar-refractivity contribution < 1.29 is 9.53 Å². The number of aliphatic imine (C=N–C) groups is 1. The number of carbonyl (C=O) groups is 1. The number of likely N-dealkylation sites (tertiary alicyclic amines) is 1. The second-order valence-corrected chi connectivity index (χ2v) is 8.62. The van der Waals surface area contributed by atoms with Crippen LogP contribution >= 0.6 is 24.0 Å². The average molecular weight is 561 g/mol. The van der Waals surface area contributed by atoms with E-state index in [4.69, 9.17) is 9.73 Å². The van der Waals surface area contributed by atoms with Crippen LogP contribution in [0.1, 0.15) is 52.5 Å². The molecule has 1 amide bonds. The van der Waals surface area contributed by atoms with Crippen molar-refractivity contribution in [1.82, 2.24) is 25.8 Å². The Kier molecular flexibility index (Phi) is 13.5. The molecule has 0 radical (unpaired) electrons. The molecule has 1 atom stereocenters. The number of ether oxygens (including phenoxy) is 1. The summed E-state index contributed by atoms with van der Waals surface area (Å²) in [6, 6.07) is 4.30. The number of guanidine groups is 1. The van der Waals surface area contributed by atoms with Crippen LogP contribution in [-0.4, -0.2) is 67.1 Å². The van der Waals surface area contributed by atoms with Gasteiger partial charge in [-0.2, -0.15) is 0 Å². The summed E-state index contributed by atoms with van der Waals surface area (Å²) in [5.41, 5.74) is 1.07. The fourth-order valence-electron chi connectivity index (χ4n) is 3.73. The fourth-order valence-corrected chi connectivity index (χ4v) is 3.73. The van der Waals surface area contributed by atoms with Gasteiger partial charge in [-0.15, -0.1) is 24.0 Å². The molecular formula is C23H41IN6O2. The molecule has 2 heterocycles. The Bertz CT molecular complexity index is 707. The molecule has 1 aromatic rings. The number of hydrogen-bond acceptors (Lipinski definition) is 5. The molecule has 0 saturated carbocycles. The third-order valence-electron chi connectivity index (χ3n) is 5.26. The van der Waals surface area contributed by atoms with Crippen LogP contribution in [0.25, 0.3) is 0 Å². The summed E-state index contributed by atoms with van der Waals surface area (Å²) < 4.78 is 5.96. The summed E-state index contributed by atoms with van der Waals surface area (Å²) in [7, 11) is 1.68. The van der Waals surface area contributed by atoms with Crippen LogP contribution in [0, 0.1) is 5.92 Å². The number of likely N-dealkylation sites (N-methyl/N-ethyl adjacent to an activating group) is 1. The molecule has 1 unspecified atom stereocenters. The summed E-state index contributed by atoms with van der Waals surface area (Å²) in [6.45, 7) is 12.2. The Labute approximate surface area is 210 Å². The predicted molar refractivity (Wildman–Crippen MR) is 141 cm³/mol. The Morgan fingerprint density at radius 1 is 1.31 bits per heavy atom. The van der Waals surface area contributed by atoms with Crippen molar-refractivity contribution in [2.45, 2.75) is 65.6 Å². The van der Waals surface area contributed by atoms with E-state index in [1.54, 1.807) is 13.2 Å². The van der Waals surface area contributed by atoms with E-state index >= 15 is 0 Å². The zero-order valence-electron chi connectivity index (χ0n) is 20.2. The number of rotatable bonds is 10. The Hall–Kier alpha value is -1.62. The monoisotopic (exact) mass is 560 g/mol. The third-order valence-corrected chi connectivity index (χ3v) is 5.26. The Morgan fingerprint density at radius 2 is 2.03 bits per heavy atom. The first kappa shape index (κ1) is 28.4. The number of nitrogens with one attached hydrogen (secondary N) is 3. The van der Waals surface area contributed by atoms with Crippen LogP contribution < -0.4 is 20.7 Å². The Balaban J connectivity index is 0.00000512. The number of halogens is 1. The molecule has 32 heavy (non-hydrogen) atoms. The van der Waals surface area contributed by atoms with Crippen molar-refractivity contribution in [3.05, 3.63) is 23.9 Å². The standard InChI is InChI=1S/C23H40N6O2.HI/c1-6-25-23(28-20-8-11-29(12-9-20)16-21(30)24-5)27-15-19-7-10-26-22(14-19)31-18(4)13-17(2)3;/h7,10,14,17-18,20H,6,8-9,11-13,15-16H2,1-5H3,(H,24,30)(H2,25,27,28);1H. The first-order valence-electron chi connectivity index (χ1n) is 11.5. The summed E-state index contributed by atoms with van der Waals surface area (Å²) in [5, 5.41) is 9.57. The van der Waals surface area contributed by atoms with Crippen molar-refractivity contribution in [3.63, 3.8) is 0 Å². The van der Waals surface area contributed by atoms with Gasteiger partial charge in [0, 0.05) is 45.0 Å². The molecule has 1 saturated heterocycles. The highest BCUT2D eigenvalue weighted by atomic mass is 127. The largest absolute Gasteiger partial charge is 0.475 e. The van der Waals surface area contributed by atoms with E-state index in [9.17, 15) is 4.79 Å². The van der Waals surface area contributed by atoms with E-state index in [1.807, 2.05) is 12.1 Å². The van der Waals surface area contributed by atoms with Gasteiger partial charge in [0.2, 0.25) is 11.8 Å². The number of carbonyl (C=O) groups excluding carboxylic acids is 1. The van der Waals surface area contributed by atoms with Gasteiger partial charge in [-0.1, -0.05) is 13.8 Å². The van der Waals surface area contributed by atoms with Crippen molar-refractivity contribution in [2.24, 2.45) is 10.9 Å². The van der Waals surface area contributed by atoms with Gasteiger partial charge in [0.1, 0.15) is 0 Å². The van der Waals surface area contributed by atoms with Gasteiger partial charge in [-0.3, -0.25) is 9.69 Å². The van der Waals surface area contributed by atoms with Crippen LogP contribution in [-0.2, 0) is 11.3 Å². The van der Waals surface area contributed by atoms with Gasteiger partial charge in [0.05, 0.1) is 19.2 Å². The van der Waals surface area contributed by atoms with E-state index in [0.29, 0.717) is 30.9 Å². The molecule has 0 aliphatic carbocycles. The number of hydrogen-bond donors (Lipinski definition) is 3. The van der Waals surface area contributed by atoms with Crippen molar-refractivity contribution in [2.75, 3.05) is 33.2 Å². The predicted octanol–water partition coefficient (Wildman–Crippen LogP) is 2.78. The second-order valence-electron chi connectivity index (χ2n) is 8.62. The van der Waals surface area contributed by atoms with Crippen LogP contribution in [0.2, 0.25) is 0 Å². The number of pyridine rings is 1. The smallest absolute Gasteiger partial charge is 0.233 e. The SMILES string of the molecule is CCNC(=NCc1ccnc(OC(C)CC(C)C)c1)NC1CCN(CC(=O)NC)CC1.I. The lowest BCUT2D eigenvalue weighted by Gasteiger charge is -2.32. The van der Waals surface area contributed by atoms with E-state index < -0.39 is 0 Å². The summed E-state index contributed by atoms with van der Waals surface area (Å²) in [5.74, 6) is 2.13. The zero-order valence-corrected chi connectivity index (χ0v) is 22.5. The van der Waals surface area contributed by atoms with E-state index in [2.05, 4.69) is 53.5 Å². The number of aromatic nitrogens is 1. The average Bonchev–Trinajstić information content (AvgIpc) is 2.73. The van der Waals surface area contributed by atoms with Gasteiger partial charge in [0.25, 0.3) is 0 Å². The highest BCUT2D eigenvalue weighted by molar-refractivity contribution is 14.0. The molecule has 0 aromatic carbocycles. The summed E-state index contributed by atoms with van der Waals surface area (Å²) in [4.78, 5) is 22.9. The van der Waals surface area contributed by atoms with E-state index in [1.165, 1.54) is 0 Å². The highest BCUT2D eigenvalue weighted by Crippen LogP contribution is 2.15. The quantitative estimate of drug-likeness (QED) is 0.232. The molecule has 3 N–H and O–H groups in total. The molecule has 0 spiro atoms. The van der Waals surface area contributed by atoms with Crippen LogP contribution in [0.5, 0.6) is 5.88 Å². The van der Waals surface area contributed by atoms with E-state index in [0.717, 1.165) is 50.4 Å². The minimum atomic E-state index is 0. The molecule has 1 aliphatic rings. The lowest BCUT2D eigenvalue weighted by molar-refractivity contribution is -0.122. The van der Waals surface area contributed by atoms with Crippen molar-refractivity contribution in [3.8, 4) is 5.88 Å². The van der Waals surface area contributed by atoms with Crippen molar-refractivity contribution in [1.29, 1.82) is 0 Å². The van der Waals surface area contributed by atoms with Gasteiger partial charge in [-0.25, -0.2) is 9.98 Å². The van der Waals surface area contributed by atoms with Gasteiger partial charge >= 0.3 is 0 Å². The summed E-state index contributed by atoms with van der Waals surface area (Å²) in [6.07, 6.45) is 4.90. The normalized spacial score (nSPS) is 16.2. The summed E-state index contributed by atoms with van der Waals surface area (Å²) >= 11 is 0. The van der Waals surface area contributed by atoms with Gasteiger partial charge in [-0.05, 0) is 50.7 Å². The van der Waals surface area contributed by atoms with Crippen LogP contribution in [0.4, 0.5) is 0 Å². The lowest BCUT2D eigenvalue weighted by Crippen LogP contribution is -2.50. The number of amides is 1. The number of piperidine rings is 1. The van der Waals surface area contributed by atoms with Gasteiger partial charge in [0.15, 0.2) is 5.96 Å². The molecule has 182 valence electrons. The maximum absolute atomic E-state index is 11.6. The molecule has 1 fully saturated rings. The van der Waals surface area contributed by atoms with Crippen LogP contribution in [0.15, 0.2) is 23.3 Å². The van der Waals surface area contributed by atoms with E-state index in [-0.39, 0.29) is 36.0 Å². The molecule has 1 aliphatic heterocycles. The van der Waals surface area contributed by atoms with Gasteiger partial charge < -0.3 is 20.7 Å². The fraction of sp³-hybridized carbons (Fsp3) is 0.696. The first-order chi connectivity index (χ1) is 14.9. The molecule has 2 rings (SSSR count). The first-order valence-corrected chi connectivity index (χ1v) is 11.5. The maximum atomic E-state index is 11.6. The maximum Gasteiger partial charge on any atom is 0.233 e. The van der Waals surface area contributed by atoms with Crippen molar-refractivity contribution >= 4 is 35.8 Å². The molecule has 8 nitrogen and oxygen atoms in total. The highest BCUT2D eigenvalue weighted by Gasteiger charge is 2.21. The Morgan fingerprint density at radius 3 is 2.66 bits per heavy atom. The topological polar surface area (TPSA) is 90.9 Å². The number of nitrogens with zero attached hydrogens (tertiary/aromatic N) is 3. The minimum absolute atomic E-state index is 0. The second kappa shape index (κ2) is 15.3.